The molecule has 7 nitrogen and oxygen atoms in total. The van der Waals surface area contributed by atoms with Gasteiger partial charge in [-0.15, -0.1) is 0 Å². The summed E-state index contributed by atoms with van der Waals surface area (Å²) in [6.45, 7) is 4.84. The number of carbonyl (C=O) groups is 2. The summed E-state index contributed by atoms with van der Waals surface area (Å²) in [4.78, 5) is 24.4. The van der Waals surface area contributed by atoms with Gasteiger partial charge in [-0.3, -0.25) is 0 Å². The van der Waals surface area contributed by atoms with Gasteiger partial charge in [0, 0.05) is 16.8 Å². The third kappa shape index (κ3) is 7.94. The number of unbranched alkanes of at least 4 members (excludes halogenated alkanes) is 6. The number of hydrogen-bond donors (Lipinski definition) is 0. The highest BCUT2D eigenvalue weighted by molar-refractivity contribution is 5.97. The van der Waals surface area contributed by atoms with E-state index in [-0.39, 0.29) is 17.2 Å². The average Bonchev–Trinajstić information content (AvgIpc) is 2.80. The van der Waals surface area contributed by atoms with Crippen LogP contribution in [0.1, 0.15) is 65.2 Å². The number of rotatable bonds is 13. The molecule has 0 N–H and O–H groups in total. The minimum absolute atomic E-state index is 0.210. The van der Waals surface area contributed by atoms with E-state index in [9.17, 15) is 9.59 Å². The molecule has 0 aliphatic heterocycles. The van der Waals surface area contributed by atoms with Gasteiger partial charge in [0.2, 0.25) is 0 Å². The molecule has 0 saturated heterocycles. The van der Waals surface area contributed by atoms with Gasteiger partial charge in [-0.05, 0) is 12.8 Å². The molecule has 7 heteroatoms. The zero-order valence-corrected chi connectivity index (χ0v) is 19.3. The second-order valence-corrected chi connectivity index (χ2v) is 7.47. The van der Waals surface area contributed by atoms with Crippen LogP contribution < -0.4 is 14.2 Å². The van der Waals surface area contributed by atoms with E-state index < -0.39 is 12.3 Å². The van der Waals surface area contributed by atoms with Crippen molar-refractivity contribution in [3.8, 4) is 17.2 Å². The Morgan fingerprint density at radius 3 is 1.84 bits per heavy atom. The molecule has 0 radical (unpaired) electrons. The lowest BCUT2D eigenvalue weighted by Crippen LogP contribution is -2.14. The lowest BCUT2D eigenvalue weighted by Gasteiger charge is -2.15. The van der Waals surface area contributed by atoms with Crippen LogP contribution >= 0.6 is 0 Å². The largest absolute Gasteiger partial charge is 0.513 e. The molecule has 0 heterocycles. The van der Waals surface area contributed by atoms with Crippen molar-refractivity contribution >= 4 is 23.1 Å². The van der Waals surface area contributed by atoms with Crippen molar-refractivity contribution in [1.82, 2.24) is 0 Å². The molecule has 0 saturated carbocycles. The van der Waals surface area contributed by atoms with Gasteiger partial charge in [-0.1, -0.05) is 76.6 Å². The predicted molar refractivity (Wildman–Crippen MR) is 123 cm³/mol. The zero-order chi connectivity index (χ0) is 23.2. The second kappa shape index (κ2) is 14.2. The minimum atomic E-state index is -0.801. The standard InChI is InChI=1S/C25H34O7/c1-4-6-8-12-16-29-24(26)31-21-18-22(28-3)23(20-15-11-10-14-19(20)21)32-25(27)30-17-13-9-7-5-2/h10-11,14-15,18H,4-9,12-13,16-17H2,1-3H3. The third-order valence-electron chi connectivity index (χ3n) is 4.96. The maximum atomic E-state index is 12.2. The number of fused-ring (bicyclic) bond motifs is 1. The molecule has 0 amide bonds. The molecule has 0 aromatic heterocycles. The number of carbonyl (C=O) groups excluding carboxylic acids is 2. The maximum Gasteiger partial charge on any atom is 0.513 e. The Morgan fingerprint density at radius 2 is 1.28 bits per heavy atom. The molecule has 0 aliphatic carbocycles. The summed E-state index contributed by atoms with van der Waals surface area (Å²) >= 11 is 0. The van der Waals surface area contributed by atoms with E-state index in [1.54, 1.807) is 24.3 Å². The van der Waals surface area contributed by atoms with Crippen molar-refractivity contribution in [2.24, 2.45) is 0 Å². The van der Waals surface area contributed by atoms with Crippen LogP contribution in [0.3, 0.4) is 0 Å². The van der Waals surface area contributed by atoms with Gasteiger partial charge in [0.05, 0.1) is 20.3 Å². The molecule has 2 aromatic rings. The van der Waals surface area contributed by atoms with Gasteiger partial charge >= 0.3 is 12.3 Å². The van der Waals surface area contributed by atoms with Crippen molar-refractivity contribution in [3.05, 3.63) is 30.3 Å². The quantitative estimate of drug-likeness (QED) is 0.185. The first-order chi connectivity index (χ1) is 15.6. The van der Waals surface area contributed by atoms with Gasteiger partial charge in [-0.2, -0.15) is 0 Å². The zero-order valence-electron chi connectivity index (χ0n) is 19.3. The highest BCUT2D eigenvalue weighted by Crippen LogP contribution is 2.41. The van der Waals surface area contributed by atoms with Crippen LogP contribution in [-0.2, 0) is 9.47 Å². The molecule has 0 aliphatic rings. The average molecular weight is 447 g/mol. The molecule has 0 bridgehead atoms. The Kier molecular flexibility index (Phi) is 11.2. The van der Waals surface area contributed by atoms with Crippen molar-refractivity contribution in [3.63, 3.8) is 0 Å². The molecule has 0 unspecified atom stereocenters. The van der Waals surface area contributed by atoms with Crippen LogP contribution in [0, 0.1) is 0 Å². The summed E-state index contributed by atoms with van der Waals surface area (Å²) in [5.74, 6) is 0.718. The number of ether oxygens (including phenoxy) is 5. The first kappa shape index (κ1) is 25.3. The van der Waals surface area contributed by atoms with E-state index in [4.69, 9.17) is 23.7 Å². The first-order valence-electron chi connectivity index (χ1n) is 11.4. The van der Waals surface area contributed by atoms with E-state index in [1.807, 2.05) is 0 Å². The van der Waals surface area contributed by atoms with E-state index in [0.717, 1.165) is 51.4 Å². The highest BCUT2D eigenvalue weighted by atomic mass is 16.7. The Bertz CT molecular complexity index is 863. The van der Waals surface area contributed by atoms with Crippen LogP contribution in [0.2, 0.25) is 0 Å². The summed E-state index contributed by atoms with van der Waals surface area (Å²) in [6, 6.07) is 8.62. The summed E-state index contributed by atoms with van der Waals surface area (Å²) in [7, 11) is 1.45. The molecule has 0 atom stereocenters. The lowest BCUT2D eigenvalue weighted by atomic mass is 10.1. The van der Waals surface area contributed by atoms with Gasteiger partial charge in [0.1, 0.15) is 5.75 Å². The monoisotopic (exact) mass is 446 g/mol. The van der Waals surface area contributed by atoms with Gasteiger partial charge in [0.25, 0.3) is 0 Å². The molecule has 32 heavy (non-hydrogen) atoms. The maximum absolute atomic E-state index is 12.2. The normalized spacial score (nSPS) is 10.6. The number of benzene rings is 2. The van der Waals surface area contributed by atoms with E-state index >= 15 is 0 Å². The Balaban J connectivity index is 2.10. The molecular weight excluding hydrogens is 412 g/mol. The van der Waals surface area contributed by atoms with Crippen LogP contribution in [0.25, 0.3) is 10.8 Å². The highest BCUT2D eigenvalue weighted by Gasteiger charge is 2.20. The van der Waals surface area contributed by atoms with Crippen LogP contribution in [-0.4, -0.2) is 32.6 Å². The van der Waals surface area contributed by atoms with Gasteiger partial charge < -0.3 is 23.7 Å². The van der Waals surface area contributed by atoms with Crippen molar-refractivity contribution in [2.75, 3.05) is 20.3 Å². The SMILES string of the molecule is CCCCCCOC(=O)Oc1cc(OC)c(OC(=O)OCCCCCC)c2ccccc12. The second-order valence-electron chi connectivity index (χ2n) is 7.47. The molecule has 0 spiro atoms. The molecule has 176 valence electrons. The molecule has 0 fully saturated rings. The molecule has 2 rings (SSSR count). The van der Waals surface area contributed by atoms with Crippen LogP contribution in [0.5, 0.6) is 17.2 Å². The Morgan fingerprint density at radius 1 is 0.719 bits per heavy atom. The number of methoxy groups -OCH3 is 1. The topological polar surface area (TPSA) is 80.3 Å². The van der Waals surface area contributed by atoms with Crippen LogP contribution in [0.4, 0.5) is 9.59 Å². The fourth-order valence-corrected chi connectivity index (χ4v) is 3.23. The van der Waals surface area contributed by atoms with Gasteiger partial charge in [0.15, 0.2) is 11.5 Å². The van der Waals surface area contributed by atoms with Crippen molar-refractivity contribution in [1.29, 1.82) is 0 Å². The Hall–Kier alpha value is -2.96. The predicted octanol–water partition coefficient (Wildman–Crippen LogP) is 7.04. The summed E-state index contributed by atoms with van der Waals surface area (Å²) in [6.07, 6.45) is 6.40. The number of hydrogen-bond acceptors (Lipinski definition) is 7. The minimum Gasteiger partial charge on any atom is -0.493 e. The molecule has 2 aromatic carbocycles. The summed E-state index contributed by atoms with van der Waals surface area (Å²) < 4.78 is 26.6. The smallest absolute Gasteiger partial charge is 0.493 e. The van der Waals surface area contributed by atoms with E-state index in [1.165, 1.54) is 13.2 Å². The summed E-state index contributed by atoms with van der Waals surface area (Å²) in [5.41, 5.74) is 0. The van der Waals surface area contributed by atoms with Crippen molar-refractivity contribution < 1.29 is 33.3 Å². The Labute approximate surface area is 189 Å². The van der Waals surface area contributed by atoms with Crippen LogP contribution in [0.15, 0.2) is 30.3 Å². The van der Waals surface area contributed by atoms with E-state index in [0.29, 0.717) is 24.0 Å². The molecular formula is C25H34O7. The van der Waals surface area contributed by atoms with E-state index in [2.05, 4.69) is 13.8 Å². The first-order valence-corrected chi connectivity index (χ1v) is 11.4. The fourth-order valence-electron chi connectivity index (χ4n) is 3.23. The van der Waals surface area contributed by atoms with Crippen molar-refractivity contribution in [2.45, 2.75) is 65.2 Å². The lowest BCUT2D eigenvalue weighted by molar-refractivity contribution is 0.0949. The fraction of sp³-hybridized carbons (Fsp3) is 0.520. The van der Waals surface area contributed by atoms with Gasteiger partial charge in [-0.25, -0.2) is 9.59 Å². The summed E-state index contributed by atoms with van der Waals surface area (Å²) in [5, 5.41) is 1.14. The third-order valence-corrected chi connectivity index (χ3v) is 4.96.